The highest BCUT2D eigenvalue weighted by Gasteiger charge is 2.22. The average molecular weight is 438 g/mol. The van der Waals surface area contributed by atoms with Gasteiger partial charge < -0.3 is 5.32 Å². The van der Waals surface area contributed by atoms with E-state index in [2.05, 4.69) is 21.6 Å². The summed E-state index contributed by atoms with van der Waals surface area (Å²) in [5.41, 5.74) is 5.36. The first-order valence-electron chi connectivity index (χ1n) is 10.2. The maximum Gasteiger partial charge on any atom is 0.234 e. The molecule has 0 bridgehead atoms. The van der Waals surface area contributed by atoms with Crippen molar-refractivity contribution in [3.8, 4) is 0 Å². The molecule has 154 valence electrons. The highest BCUT2D eigenvalue weighted by molar-refractivity contribution is 7.99. The molecule has 8 heteroatoms. The summed E-state index contributed by atoms with van der Waals surface area (Å²) in [5.74, 6) is 1.08. The first kappa shape index (κ1) is 19.5. The monoisotopic (exact) mass is 437 g/mol. The number of thioether (sulfide) groups is 1. The van der Waals surface area contributed by atoms with Gasteiger partial charge in [-0.1, -0.05) is 17.8 Å². The van der Waals surface area contributed by atoms with Gasteiger partial charge in [-0.05, 0) is 75.3 Å². The molecule has 0 aliphatic heterocycles. The molecule has 3 aromatic heterocycles. The van der Waals surface area contributed by atoms with Gasteiger partial charge in [-0.2, -0.15) is 0 Å². The molecule has 0 radical (unpaired) electrons. The van der Waals surface area contributed by atoms with E-state index in [1.807, 2.05) is 37.3 Å². The number of thiophene rings is 1. The molecule has 0 saturated heterocycles. The first-order valence-corrected chi connectivity index (χ1v) is 12.0. The average Bonchev–Trinajstić information content (AvgIpc) is 3.26. The molecule has 0 atom stereocenters. The molecule has 0 fully saturated rings. The van der Waals surface area contributed by atoms with Crippen LogP contribution in [-0.4, -0.2) is 31.2 Å². The van der Waals surface area contributed by atoms with Gasteiger partial charge in [0.25, 0.3) is 0 Å². The molecule has 5 rings (SSSR count). The lowest BCUT2D eigenvalue weighted by molar-refractivity contribution is -0.113. The third kappa shape index (κ3) is 3.48. The van der Waals surface area contributed by atoms with E-state index in [-0.39, 0.29) is 11.7 Å². The summed E-state index contributed by atoms with van der Waals surface area (Å²) >= 11 is 3.19. The summed E-state index contributed by atoms with van der Waals surface area (Å²) in [6, 6.07) is 6.05. The van der Waals surface area contributed by atoms with Crippen molar-refractivity contribution in [2.24, 2.45) is 0 Å². The van der Waals surface area contributed by atoms with Crippen molar-refractivity contribution < 1.29 is 4.79 Å². The van der Waals surface area contributed by atoms with Crippen LogP contribution >= 0.6 is 23.1 Å². The number of rotatable bonds is 4. The quantitative estimate of drug-likeness (QED) is 0.461. The highest BCUT2D eigenvalue weighted by atomic mass is 32.2. The van der Waals surface area contributed by atoms with Gasteiger partial charge in [-0.25, -0.2) is 4.98 Å². The number of anilines is 1. The lowest BCUT2D eigenvalue weighted by Crippen LogP contribution is -2.14. The molecule has 3 heterocycles. The fourth-order valence-electron chi connectivity index (χ4n) is 4.25. The lowest BCUT2D eigenvalue weighted by Gasteiger charge is -2.10. The molecule has 0 unspecified atom stereocenters. The fraction of sp³-hybridized carbons (Fsp3) is 0.364. The minimum Gasteiger partial charge on any atom is -0.325 e. The van der Waals surface area contributed by atoms with Crippen LogP contribution in [0.1, 0.15) is 40.2 Å². The number of hydrogen-bond donors (Lipinski definition) is 1. The molecule has 1 aromatic carbocycles. The van der Waals surface area contributed by atoms with Gasteiger partial charge in [-0.15, -0.1) is 21.5 Å². The Labute approximate surface area is 183 Å². The van der Waals surface area contributed by atoms with Crippen molar-refractivity contribution in [1.29, 1.82) is 0 Å². The van der Waals surface area contributed by atoms with E-state index in [4.69, 9.17) is 4.98 Å². The number of carbonyl (C=O) groups is 1. The Morgan fingerprint density at radius 2 is 1.90 bits per heavy atom. The number of fused-ring (bicyclic) bond motifs is 5. The van der Waals surface area contributed by atoms with Crippen LogP contribution < -0.4 is 5.32 Å². The van der Waals surface area contributed by atoms with Crippen LogP contribution in [0.2, 0.25) is 0 Å². The fourth-order valence-corrected chi connectivity index (χ4v) is 6.33. The molecule has 1 aliphatic rings. The Balaban J connectivity index is 1.41. The molecule has 0 spiro atoms. The zero-order valence-corrected chi connectivity index (χ0v) is 18.9. The Bertz CT molecular complexity index is 1270. The van der Waals surface area contributed by atoms with Gasteiger partial charge in [0.15, 0.2) is 10.8 Å². The summed E-state index contributed by atoms with van der Waals surface area (Å²) in [6.45, 7) is 6.03. The van der Waals surface area contributed by atoms with Crippen LogP contribution in [0.25, 0.3) is 15.9 Å². The van der Waals surface area contributed by atoms with E-state index in [0.717, 1.165) is 51.3 Å². The number of hydrogen-bond acceptors (Lipinski definition) is 6. The summed E-state index contributed by atoms with van der Waals surface area (Å²) in [6.07, 6.45) is 4.69. The van der Waals surface area contributed by atoms with Gasteiger partial charge in [-0.3, -0.25) is 9.20 Å². The molecule has 1 aliphatic carbocycles. The molecular weight excluding hydrogens is 414 g/mol. The highest BCUT2D eigenvalue weighted by Crippen LogP contribution is 2.38. The molecule has 0 saturated carbocycles. The molecule has 1 amide bonds. The molecule has 6 nitrogen and oxygen atoms in total. The number of carbonyl (C=O) groups excluding carboxylic acids is 1. The topological polar surface area (TPSA) is 72.2 Å². The summed E-state index contributed by atoms with van der Waals surface area (Å²) in [7, 11) is 0. The van der Waals surface area contributed by atoms with Gasteiger partial charge in [0.05, 0.1) is 11.1 Å². The standard InChI is InChI=1S/C22H23N5OS2/c1-12-8-13(2)10-15(9-12)24-18(28)11-29-22-26-25-20-19-16-6-4-5-7-17(16)30-21(19)23-14(3)27(20)22/h8-10H,4-7,11H2,1-3H3,(H,24,28). The summed E-state index contributed by atoms with van der Waals surface area (Å²) < 4.78 is 2.00. The Morgan fingerprint density at radius 1 is 1.13 bits per heavy atom. The van der Waals surface area contributed by atoms with Crippen LogP contribution in [0.15, 0.2) is 23.4 Å². The van der Waals surface area contributed by atoms with Crippen molar-refractivity contribution in [3.05, 3.63) is 45.6 Å². The van der Waals surface area contributed by atoms with Crippen LogP contribution in [0, 0.1) is 20.8 Å². The van der Waals surface area contributed by atoms with E-state index in [1.165, 1.54) is 35.0 Å². The minimum absolute atomic E-state index is 0.0543. The Morgan fingerprint density at radius 3 is 2.70 bits per heavy atom. The molecular formula is C22H23N5OS2. The SMILES string of the molecule is Cc1cc(C)cc(NC(=O)CSc2nnc3c4c5c(sc4nc(C)n23)CCCC5)c1. The zero-order chi connectivity index (χ0) is 20.8. The van der Waals surface area contributed by atoms with Crippen molar-refractivity contribution in [1.82, 2.24) is 19.6 Å². The summed E-state index contributed by atoms with van der Waals surface area (Å²) in [5, 5.41) is 13.8. The lowest BCUT2D eigenvalue weighted by atomic mass is 9.97. The number of amides is 1. The number of nitrogens with zero attached hydrogens (tertiary/aromatic N) is 4. The van der Waals surface area contributed by atoms with Crippen molar-refractivity contribution >= 4 is 50.6 Å². The number of aryl methyl sites for hydroxylation is 5. The van der Waals surface area contributed by atoms with E-state index in [1.54, 1.807) is 11.3 Å². The number of aromatic nitrogens is 4. The van der Waals surface area contributed by atoms with Crippen LogP contribution in [0.3, 0.4) is 0 Å². The van der Waals surface area contributed by atoms with Crippen LogP contribution in [0.4, 0.5) is 5.69 Å². The van der Waals surface area contributed by atoms with E-state index >= 15 is 0 Å². The molecule has 1 N–H and O–H groups in total. The van der Waals surface area contributed by atoms with Gasteiger partial charge in [0, 0.05) is 10.6 Å². The van der Waals surface area contributed by atoms with E-state index in [9.17, 15) is 4.79 Å². The predicted octanol–water partition coefficient (Wildman–Crippen LogP) is 4.87. The van der Waals surface area contributed by atoms with E-state index in [0.29, 0.717) is 5.16 Å². The maximum atomic E-state index is 12.5. The smallest absolute Gasteiger partial charge is 0.234 e. The van der Waals surface area contributed by atoms with Gasteiger partial charge in [0.2, 0.25) is 5.91 Å². The van der Waals surface area contributed by atoms with Crippen molar-refractivity contribution in [2.45, 2.75) is 51.6 Å². The Hall–Kier alpha value is -2.45. The second kappa shape index (κ2) is 7.67. The van der Waals surface area contributed by atoms with Crippen LogP contribution in [0.5, 0.6) is 0 Å². The molecule has 4 aromatic rings. The second-order valence-corrected chi connectivity index (χ2v) is 9.93. The number of benzene rings is 1. The largest absolute Gasteiger partial charge is 0.325 e. The van der Waals surface area contributed by atoms with Gasteiger partial charge in [0.1, 0.15) is 10.7 Å². The van der Waals surface area contributed by atoms with Gasteiger partial charge >= 0.3 is 0 Å². The minimum atomic E-state index is -0.0543. The third-order valence-electron chi connectivity index (χ3n) is 5.43. The zero-order valence-electron chi connectivity index (χ0n) is 17.3. The second-order valence-electron chi connectivity index (χ2n) is 7.90. The summed E-state index contributed by atoms with van der Waals surface area (Å²) in [4.78, 5) is 19.9. The van der Waals surface area contributed by atoms with Crippen molar-refractivity contribution in [2.75, 3.05) is 11.1 Å². The number of nitrogens with one attached hydrogen (secondary N) is 1. The normalized spacial score (nSPS) is 13.7. The maximum absolute atomic E-state index is 12.5. The van der Waals surface area contributed by atoms with Crippen molar-refractivity contribution in [3.63, 3.8) is 0 Å². The first-order chi connectivity index (χ1) is 14.5. The molecule has 30 heavy (non-hydrogen) atoms. The van der Waals surface area contributed by atoms with Crippen LogP contribution in [-0.2, 0) is 17.6 Å². The third-order valence-corrected chi connectivity index (χ3v) is 7.55. The predicted molar refractivity (Wildman–Crippen MR) is 123 cm³/mol. The van der Waals surface area contributed by atoms with E-state index < -0.39 is 0 Å². The Kier molecular flexibility index (Phi) is 4.99.